The summed E-state index contributed by atoms with van der Waals surface area (Å²) >= 11 is 0. The van der Waals surface area contributed by atoms with Crippen molar-refractivity contribution >= 4 is 39.8 Å². The van der Waals surface area contributed by atoms with Crippen LogP contribution in [0.2, 0.25) is 0 Å². The standard InChI is InChI=1S/C28H28FN7O3/c1-14-19(11-32-27-26(14)31-5-7-39-27)18-10-21-20(25(30)24(18)29)12-33-28(34-21)35-22-8-17-13-36(15(2)37)6-4-16(17)9-23(22)38-3/h8-12,31H,4-7,13,30H2,1-3H3,(H,33,34,35). The maximum Gasteiger partial charge on any atom is 0.237 e. The molecule has 39 heavy (non-hydrogen) atoms. The highest BCUT2D eigenvalue weighted by atomic mass is 19.1. The van der Waals surface area contributed by atoms with E-state index in [0.717, 1.165) is 28.8 Å². The number of aromatic nitrogens is 3. The molecular formula is C28H28FN7O3. The van der Waals surface area contributed by atoms with Crippen LogP contribution < -0.4 is 25.8 Å². The topological polar surface area (TPSA) is 128 Å². The van der Waals surface area contributed by atoms with E-state index in [9.17, 15) is 4.79 Å². The molecule has 0 aliphatic carbocycles. The predicted molar refractivity (Wildman–Crippen MR) is 147 cm³/mol. The smallest absolute Gasteiger partial charge is 0.237 e. The van der Waals surface area contributed by atoms with Gasteiger partial charge in [0.15, 0.2) is 5.82 Å². The number of nitrogens with two attached hydrogens (primary N) is 1. The molecule has 0 saturated carbocycles. The molecule has 2 aliphatic heterocycles. The van der Waals surface area contributed by atoms with E-state index < -0.39 is 5.82 Å². The van der Waals surface area contributed by atoms with Crippen molar-refractivity contribution in [3.63, 3.8) is 0 Å². The Morgan fingerprint density at radius 1 is 1.21 bits per heavy atom. The molecule has 0 unspecified atom stereocenters. The van der Waals surface area contributed by atoms with E-state index in [-0.39, 0.29) is 11.6 Å². The van der Waals surface area contributed by atoms with Crippen molar-refractivity contribution in [2.75, 3.05) is 43.2 Å². The molecule has 200 valence electrons. The van der Waals surface area contributed by atoms with Gasteiger partial charge in [0.2, 0.25) is 17.7 Å². The van der Waals surface area contributed by atoms with Crippen LogP contribution in [0.25, 0.3) is 22.0 Å². The first-order valence-corrected chi connectivity index (χ1v) is 12.7. The summed E-state index contributed by atoms with van der Waals surface area (Å²) in [5, 5.41) is 6.91. The third kappa shape index (κ3) is 4.29. The zero-order valence-corrected chi connectivity index (χ0v) is 21.9. The number of carbonyl (C=O) groups excluding carboxylic acids is 1. The molecule has 1 amide bonds. The number of amides is 1. The number of nitrogens with one attached hydrogen (secondary N) is 2. The number of pyridine rings is 1. The van der Waals surface area contributed by atoms with Crippen LogP contribution in [0.1, 0.15) is 23.6 Å². The quantitative estimate of drug-likeness (QED) is 0.334. The van der Waals surface area contributed by atoms with Gasteiger partial charge in [-0.3, -0.25) is 4.79 Å². The summed E-state index contributed by atoms with van der Waals surface area (Å²) < 4.78 is 26.7. The SMILES string of the molecule is COc1cc2c(cc1Nc1ncc3c(N)c(F)c(-c4cnc5c(c4C)NCCO5)cc3n1)CN(C(C)=O)CC2. The number of ether oxygens (including phenoxy) is 2. The van der Waals surface area contributed by atoms with E-state index in [4.69, 9.17) is 15.2 Å². The highest BCUT2D eigenvalue weighted by molar-refractivity contribution is 5.96. The molecule has 0 spiro atoms. The van der Waals surface area contributed by atoms with Crippen molar-refractivity contribution in [2.45, 2.75) is 26.8 Å². The lowest BCUT2D eigenvalue weighted by Crippen LogP contribution is -2.34. The van der Waals surface area contributed by atoms with Gasteiger partial charge < -0.3 is 30.7 Å². The maximum atomic E-state index is 15.5. The number of rotatable bonds is 4. The highest BCUT2D eigenvalue weighted by Crippen LogP contribution is 2.39. The highest BCUT2D eigenvalue weighted by Gasteiger charge is 2.23. The van der Waals surface area contributed by atoms with Crippen LogP contribution in [0.15, 0.2) is 30.6 Å². The number of nitrogen functional groups attached to an aromatic ring is 1. The molecule has 2 aromatic heterocycles. The number of nitrogens with zero attached hydrogens (tertiary/aromatic N) is 4. The fourth-order valence-corrected chi connectivity index (χ4v) is 5.17. The van der Waals surface area contributed by atoms with Crippen LogP contribution in [-0.4, -0.2) is 52.6 Å². The Hall–Kier alpha value is -4.67. The Morgan fingerprint density at radius 3 is 2.85 bits per heavy atom. The van der Waals surface area contributed by atoms with Crippen molar-refractivity contribution in [1.29, 1.82) is 0 Å². The molecule has 0 saturated heterocycles. The van der Waals surface area contributed by atoms with Gasteiger partial charge in [0, 0.05) is 55.5 Å². The second kappa shape index (κ2) is 9.57. The Labute approximate surface area is 224 Å². The first-order valence-electron chi connectivity index (χ1n) is 12.7. The minimum Gasteiger partial charge on any atom is -0.495 e. The molecule has 4 N–H and O–H groups in total. The zero-order chi connectivity index (χ0) is 27.3. The predicted octanol–water partition coefficient (Wildman–Crippen LogP) is 4.18. The van der Waals surface area contributed by atoms with Crippen molar-refractivity contribution in [1.82, 2.24) is 19.9 Å². The molecule has 11 heteroatoms. The number of halogens is 1. The summed E-state index contributed by atoms with van der Waals surface area (Å²) in [6.07, 6.45) is 3.85. The van der Waals surface area contributed by atoms with E-state index in [1.54, 1.807) is 26.3 Å². The Morgan fingerprint density at radius 2 is 2.05 bits per heavy atom. The van der Waals surface area contributed by atoms with Gasteiger partial charge in [0.1, 0.15) is 18.0 Å². The number of benzene rings is 2. The van der Waals surface area contributed by atoms with Crippen molar-refractivity contribution < 1.29 is 18.7 Å². The molecule has 0 fully saturated rings. The first-order chi connectivity index (χ1) is 18.8. The minimum absolute atomic E-state index is 0.0361. The number of carbonyl (C=O) groups is 1. The Balaban J connectivity index is 1.39. The van der Waals surface area contributed by atoms with Crippen LogP contribution in [-0.2, 0) is 17.8 Å². The van der Waals surface area contributed by atoms with E-state index in [2.05, 4.69) is 25.6 Å². The summed E-state index contributed by atoms with van der Waals surface area (Å²) in [5.41, 5.74) is 11.9. The number of methoxy groups -OCH3 is 1. The summed E-state index contributed by atoms with van der Waals surface area (Å²) in [4.78, 5) is 27.1. The molecule has 0 atom stereocenters. The molecule has 4 aromatic rings. The van der Waals surface area contributed by atoms with Gasteiger partial charge in [-0.15, -0.1) is 0 Å². The van der Waals surface area contributed by atoms with Crippen LogP contribution in [0.5, 0.6) is 11.6 Å². The van der Waals surface area contributed by atoms with Gasteiger partial charge in [-0.05, 0) is 48.2 Å². The molecule has 0 radical (unpaired) electrons. The van der Waals surface area contributed by atoms with Gasteiger partial charge >= 0.3 is 0 Å². The third-order valence-corrected chi connectivity index (χ3v) is 7.32. The van der Waals surface area contributed by atoms with Gasteiger partial charge in [0.25, 0.3) is 0 Å². The molecule has 0 bridgehead atoms. The van der Waals surface area contributed by atoms with Gasteiger partial charge in [-0.25, -0.2) is 19.3 Å². The monoisotopic (exact) mass is 529 g/mol. The second-order valence-corrected chi connectivity index (χ2v) is 9.67. The largest absolute Gasteiger partial charge is 0.495 e. The Bertz CT molecular complexity index is 1640. The van der Waals surface area contributed by atoms with Gasteiger partial charge in [-0.1, -0.05) is 0 Å². The van der Waals surface area contributed by atoms with E-state index in [0.29, 0.717) is 71.5 Å². The van der Waals surface area contributed by atoms with Gasteiger partial charge in [0.05, 0.1) is 24.0 Å². The van der Waals surface area contributed by atoms with E-state index >= 15 is 4.39 Å². The van der Waals surface area contributed by atoms with Crippen molar-refractivity contribution in [3.05, 3.63) is 53.1 Å². The zero-order valence-electron chi connectivity index (χ0n) is 21.9. The fraction of sp³-hybridized carbons (Fsp3) is 0.286. The molecular weight excluding hydrogens is 501 g/mol. The van der Waals surface area contributed by atoms with Gasteiger partial charge in [-0.2, -0.15) is 0 Å². The Kier molecular flexibility index (Phi) is 6.05. The van der Waals surface area contributed by atoms with Crippen LogP contribution in [0, 0.1) is 12.7 Å². The maximum absolute atomic E-state index is 15.5. The summed E-state index contributed by atoms with van der Waals surface area (Å²) in [6, 6.07) is 5.59. The number of fused-ring (bicyclic) bond motifs is 3. The number of hydrogen-bond acceptors (Lipinski definition) is 9. The number of hydrogen-bond donors (Lipinski definition) is 3. The third-order valence-electron chi connectivity index (χ3n) is 7.32. The van der Waals surface area contributed by atoms with Crippen LogP contribution in [0.4, 0.5) is 27.4 Å². The second-order valence-electron chi connectivity index (χ2n) is 9.67. The van der Waals surface area contributed by atoms with E-state index in [1.807, 2.05) is 24.0 Å². The molecule has 2 aromatic carbocycles. The number of anilines is 4. The molecule has 6 rings (SSSR count). The normalized spacial score (nSPS) is 14.2. The minimum atomic E-state index is -0.556. The lowest BCUT2D eigenvalue weighted by Gasteiger charge is -2.29. The first kappa shape index (κ1) is 24.7. The van der Waals surface area contributed by atoms with E-state index in [1.165, 1.54) is 6.20 Å². The average molecular weight is 530 g/mol. The average Bonchev–Trinajstić information content (AvgIpc) is 2.94. The van der Waals surface area contributed by atoms with Crippen LogP contribution in [0.3, 0.4) is 0 Å². The molecule has 2 aliphatic rings. The lowest BCUT2D eigenvalue weighted by atomic mass is 9.98. The molecule has 4 heterocycles. The van der Waals surface area contributed by atoms with Crippen molar-refractivity contribution in [2.24, 2.45) is 0 Å². The van der Waals surface area contributed by atoms with Crippen molar-refractivity contribution in [3.8, 4) is 22.8 Å². The summed E-state index contributed by atoms with van der Waals surface area (Å²) in [6.45, 7) is 5.82. The fourth-order valence-electron chi connectivity index (χ4n) is 5.17. The summed E-state index contributed by atoms with van der Waals surface area (Å²) in [5.74, 6) is 0.915. The lowest BCUT2D eigenvalue weighted by molar-refractivity contribution is -0.129. The molecule has 10 nitrogen and oxygen atoms in total. The van der Waals surface area contributed by atoms with Crippen LogP contribution >= 0.6 is 0 Å². The summed E-state index contributed by atoms with van der Waals surface area (Å²) in [7, 11) is 1.60.